The molecule has 1 aliphatic heterocycles. The molecule has 110 valence electrons. The predicted molar refractivity (Wildman–Crippen MR) is 79.2 cm³/mol. The molecule has 0 atom stereocenters. The number of imidazole rings is 1. The zero-order valence-corrected chi connectivity index (χ0v) is 12.1. The highest BCUT2D eigenvalue weighted by atomic mass is 35.5. The molecular weight excluding hydrogens is 306 g/mol. The number of rotatable bonds is 3. The summed E-state index contributed by atoms with van der Waals surface area (Å²) in [6, 6.07) is 2.55. The van der Waals surface area contributed by atoms with Gasteiger partial charge in [0, 0.05) is 25.6 Å². The molecule has 20 heavy (non-hydrogen) atoms. The van der Waals surface area contributed by atoms with Crippen molar-refractivity contribution in [1.29, 1.82) is 0 Å². The Morgan fingerprint density at radius 1 is 1.40 bits per heavy atom. The van der Waals surface area contributed by atoms with Crippen molar-refractivity contribution in [1.82, 2.24) is 20.6 Å². The summed E-state index contributed by atoms with van der Waals surface area (Å²) >= 11 is 0. The van der Waals surface area contributed by atoms with E-state index in [0.29, 0.717) is 23.5 Å². The molecule has 1 aromatic heterocycles. The topological polar surface area (TPSA) is 69.8 Å². The number of hydrogen-bond acceptors (Lipinski definition) is 3. The summed E-state index contributed by atoms with van der Waals surface area (Å²) in [7, 11) is 0. The second-order valence-corrected chi connectivity index (χ2v) is 4.49. The van der Waals surface area contributed by atoms with Gasteiger partial charge in [-0.05, 0) is 12.1 Å². The summed E-state index contributed by atoms with van der Waals surface area (Å²) in [4.78, 5) is 18.8. The van der Waals surface area contributed by atoms with Crippen LogP contribution in [0.3, 0.4) is 0 Å². The first-order valence-corrected chi connectivity index (χ1v) is 5.85. The molecule has 0 radical (unpaired) electrons. The molecule has 0 bridgehead atoms. The van der Waals surface area contributed by atoms with E-state index in [4.69, 9.17) is 0 Å². The van der Waals surface area contributed by atoms with Gasteiger partial charge in [-0.15, -0.1) is 24.8 Å². The van der Waals surface area contributed by atoms with Crippen LogP contribution in [0.5, 0.6) is 0 Å². The quantitative estimate of drug-likeness (QED) is 0.802. The Balaban J connectivity index is 0.000001000. The Morgan fingerprint density at radius 3 is 2.80 bits per heavy atom. The van der Waals surface area contributed by atoms with Gasteiger partial charge in [-0.2, -0.15) is 0 Å². The number of benzene rings is 1. The first-order chi connectivity index (χ1) is 8.74. The van der Waals surface area contributed by atoms with Crippen molar-refractivity contribution >= 4 is 41.8 Å². The third-order valence-corrected chi connectivity index (χ3v) is 3.15. The Morgan fingerprint density at radius 2 is 2.15 bits per heavy atom. The number of H-pyrrole nitrogens is 1. The van der Waals surface area contributed by atoms with Gasteiger partial charge in [-0.25, -0.2) is 9.37 Å². The number of amides is 1. The van der Waals surface area contributed by atoms with Crippen LogP contribution in [0.25, 0.3) is 11.0 Å². The molecule has 0 aliphatic carbocycles. The maximum absolute atomic E-state index is 13.4. The summed E-state index contributed by atoms with van der Waals surface area (Å²) < 4.78 is 13.4. The average Bonchev–Trinajstić information content (AvgIpc) is 2.73. The van der Waals surface area contributed by atoms with E-state index < -0.39 is 5.82 Å². The zero-order chi connectivity index (χ0) is 12.5. The molecule has 1 aromatic carbocycles. The number of fused-ring (bicyclic) bond motifs is 1. The number of halogens is 3. The molecule has 0 saturated carbocycles. The molecule has 0 unspecified atom stereocenters. The van der Waals surface area contributed by atoms with Crippen LogP contribution >= 0.6 is 24.8 Å². The monoisotopic (exact) mass is 320 g/mol. The van der Waals surface area contributed by atoms with Gasteiger partial charge < -0.3 is 15.6 Å². The van der Waals surface area contributed by atoms with Crippen molar-refractivity contribution in [2.75, 3.05) is 19.6 Å². The standard InChI is InChI=1S/C12H13FN4O.2ClH/c13-8-1-9(11-10(2-8)16-6-17-11)12(18)15-5-7-3-14-4-7;;/h1-2,6-7,14H,3-5H2,(H,15,18)(H,16,17);2*1H. The maximum Gasteiger partial charge on any atom is 0.253 e. The Bertz CT molecular complexity index is 600. The van der Waals surface area contributed by atoms with E-state index in [0.717, 1.165) is 13.1 Å². The number of aromatic nitrogens is 2. The third kappa shape index (κ3) is 3.20. The van der Waals surface area contributed by atoms with E-state index in [-0.39, 0.29) is 36.3 Å². The minimum atomic E-state index is -0.442. The number of aromatic amines is 1. The van der Waals surface area contributed by atoms with E-state index >= 15 is 0 Å². The number of hydrogen-bond donors (Lipinski definition) is 3. The lowest BCUT2D eigenvalue weighted by Crippen LogP contribution is -2.48. The fourth-order valence-corrected chi connectivity index (χ4v) is 2.01. The van der Waals surface area contributed by atoms with Gasteiger partial charge in [-0.3, -0.25) is 4.79 Å². The first kappa shape index (κ1) is 16.7. The predicted octanol–water partition coefficient (Wildman–Crippen LogP) is 1.49. The third-order valence-electron chi connectivity index (χ3n) is 3.15. The van der Waals surface area contributed by atoms with Gasteiger partial charge in [0.1, 0.15) is 11.3 Å². The van der Waals surface area contributed by atoms with Crippen LogP contribution in [-0.2, 0) is 0 Å². The molecule has 2 heterocycles. The highest BCUT2D eigenvalue weighted by Crippen LogP contribution is 2.17. The Labute approximate surface area is 127 Å². The van der Waals surface area contributed by atoms with Gasteiger partial charge in [0.25, 0.3) is 5.91 Å². The molecule has 1 saturated heterocycles. The summed E-state index contributed by atoms with van der Waals surface area (Å²) in [6.07, 6.45) is 1.46. The number of nitrogens with one attached hydrogen (secondary N) is 3. The van der Waals surface area contributed by atoms with Gasteiger partial charge in [-0.1, -0.05) is 0 Å². The lowest BCUT2D eigenvalue weighted by molar-refractivity contribution is 0.0943. The minimum absolute atomic E-state index is 0. The molecule has 3 N–H and O–H groups in total. The molecule has 5 nitrogen and oxygen atoms in total. The molecular formula is C12H15Cl2FN4O. The average molecular weight is 321 g/mol. The Kier molecular flexibility index (Phi) is 5.74. The van der Waals surface area contributed by atoms with Gasteiger partial charge in [0.05, 0.1) is 17.4 Å². The van der Waals surface area contributed by atoms with Crippen LogP contribution in [0.15, 0.2) is 18.5 Å². The van der Waals surface area contributed by atoms with Crippen LogP contribution in [-0.4, -0.2) is 35.5 Å². The van der Waals surface area contributed by atoms with Crippen molar-refractivity contribution in [3.63, 3.8) is 0 Å². The SMILES string of the molecule is Cl.Cl.O=C(NCC1CNC1)c1cc(F)cc2[nH]cnc12. The van der Waals surface area contributed by atoms with Crippen molar-refractivity contribution in [3.8, 4) is 0 Å². The van der Waals surface area contributed by atoms with E-state index in [1.807, 2.05) is 0 Å². The van der Waals surface area contributed by atoms with Crippen molar-refractivity contribution in [3.05, 3.63) is 29.8 Å². The summed E-state index contributed by atoms with van der Waals surface area (Å²) in [5, 5.41) is 5.94. The van der Waals surface area contributed by atoms with Crippen LogP contribution in [0.1, 0.15) is 10.4 Å². The summed E-state index contributed by atoms with van der Waals surface area (Å²) in [5.41, 5.74) is 1.31. The van der Waals surface area contributed by atoms with Crippen LogP contribution in [0.4, 0.5) is 4.39 Å². The second kappa shape index (κ2) is 6.88. The fourth-order valence-electron chi connectivity index (χ4n) is 2.01. The van der Waals surface area contributed by atoms with E-state index in [9.17, 15) is 9.18 Å². The molecule has 1 aliphatic rings. The molecule has 1 fully saturated rings. The lowest BCUT2D eigenvalue weighted by Gasteiger charge is -2.27. The smallest absolute Gasteiger partial charge is 0.253 e. The number of nitrogens with zero attached hydrogens (tertiary/aromatic N) is 1. The number of carbonyl (C=O) groups is 1. The summed E-state index contributed by atoms with van der Waals surface area (Å²) in [6.45, 7) is 2.44. The minimum Gasteiger partial charge on any atom is -0.352 e. The number of carbonyl (C=O) groups excluding carboxylic acids is 1. The van der Waals surface area contributed by atoms with Crippen molar-refractivity contribution in [2.24, 2.45) is 5.92 Å². The zero-order valence-electron chi connectivity index (χ0n) is 10.5. The van der Waals surface area contributed by atoms with E-state index in [1.54, 1.807) is 0 Å². The van der Waals surface area contributed by atoms with Crippen molar-refractivity contribution in [2.45, 2.75) is 0 Å². The second-order valence-electron chi connectivity index (χ2n) is 4.49. The molecule has 1 amide bonds. The van der Waals surface area contributed by atoms with Gasteiger partial charge in [0.15, 0.2) is 0 Å². The largest absolute Gasteiger partial charge is 0.352 e. The highest BCUT2D eigenvalue weighted by Gasteiger charge is 2.19. The van der Waals surface area contributed by atoms with Gasteiger partial charge >= 0.3 is 0 Å². The molecule has 3 rings (SSSR count). The van der Waals surface area contributed by atoms with E-state index in [2.05, 4.69) is 20.6 Å². The summed E-state index contributed by atoms with van der Waals surface area (Å²) in [5.74, 6) is -0.252. The van der Waals surface area contributed by atoms with Crippen LogP contribution in [0, 0.1) is 11.7 Å². The van der Waals surface area contributed by atoms with Crippen LogP contribution in [0.2, 0.25) is 0 Å². The lowest BCUT2D eigenvalue weighted by atomic mass is 10.0. The van der Waals surface area contributed by atoms with Crippen LogP contribution < -0.4 is 10.6 Å². The van der Waals surface area contributed by atoms with Gasteiger partial charge in [0.2, 0.25) is 0 Å². The molecule has 0 spiro atoms. The Hall–Kier alpha value is -1.37. The first-order valence-electron chi connectivity index (χ1n) is 5.85. The van der Waals surface area contributed by atoms with Crippen molar-refractivity contribution < 1.29 is 9.18 Å². The molecule has 2 aromatic rings. The normalized spacial score (nSPS) is 14.1. The molecule has 8 heteroatoms. The fraction of sp³-hybridized carbons (Fsp3) is 0.333. The highest BCUT2D eigenvalue weighted by molar-refractivity contribution is 6.04. The maximum atomic E-state index is 13.4. The van der Waals surface area contributed by atoms with E-state index in [1.165, 1.54) is 18.5 Å².